The molecule has 1 aliphatic rings. The van der Waals surface area contributed by atoms with Crippen LogP contribution in [0.2, 0.25) is 0 Å². The van der Waals surface area contributed by atoms with Gasteiger partial charge in [0.05, 0.1) is 11.4 Å². The first-order valence-electron chi connectivity index (χ1n) is 7.81. The van der Waals surface area contributed by atoms with E-state index in [1.165, 1.54) is 11.8 Å². The van der Waals surface area contributed by atoms with E-state index >= 15 is 0 Å². The molecule has 112 valence electrons. The first-order chi connectivity index (χ1) is 10.1. The van der Waals surface area contributed by atoms with Gasteiger partial charge in [0, 0.05) is 23.5 Å². The minimum Gasteiger partial charge on any atom is -0.353 e. The lowest BCUT2D eigenvalue weighted by Crippen LogP contribution is -2.46. The largest absolute Gasteiger partial charge is 0.353 e. The second-order valence-corrected chi connectivity index (χ2v) is 6.78. The number of anilines is 1. The van der Waals surface area contributed by atoms with E-state index in [0.717, 1.165) is 23.4 Å². The predicted octanol–water partition coefficient (Wildman–Crippen LogP) is 4.84. The number of aromatic nitrogens is 1. The van der Waals surface area contributed by atoms with Crippen molar-refractivity contribution in [3.8, 4) is 0 Å². The third-order valence-corrected chi connectivity index (χ3v) is 5.08. The van der Waals surface area contributed by atoms with E-state index in [0.29, 0.717) is 23.8 Å². The van der Waals surface area contributed by atoms with Gasteiger partial charge < -0.3 is 4.90 Å². The van der Waals surface area contributed by atoms with E-state index in [1.54, 1.807) is 0 Å². The third kappa shape index (κ3) is 2.74. The molecule has 1 aromatic carbocycles. The van der Waals surface area contributed by atoms with Gasteiger partial charge in [-0.3, -0.25) is 0 Å². The average Bonchev–Trinajstić information content (AvgIpc) is 2.49. The van der Waals surface area contributed by atoms with Crippen molar-refractivity contribution < 1.29 is 0 Å². The summed E-state index contributed by atoms with van der Waals surface area (Å²) in [5.74, 6) is 2.98. The molecule has 1 aliphatic heterocycles. The summed E-state index contributed by atoms with van der Waals surface area (Å²) in [5, 5.41) is 1.17. The van der Waals surface area contributed by atoms with E-state index in [-0.39, 0.29) is 0 Å². The summed E-state index contributed by atoms with van der Waals surface area (Å²) in [6.07, 6.45) is 1.29. The quantitative estimate of drug-likeness (QED) is 0.738. The molecule has 0 radical (unpaired) electrons. The van der Waals surface area contributed by atoms with Crippen molar-refractivity contribution in [1.82, 2.24) is 4.98 Å². The molecular weight excluding hydrogens is 280 g/mol. The molecule has 3 unspecified atom stereocenters. The van der Waals surface area contributed by atoms with Crippen LogP contribution in [0.15, 0.2) is 30.3 Å². The van der Waals surface area contributed by atoms with E-state index in [9.17, 15) is 0 Å². The molecule has 0 bridgehead atoms. The third-order valence-electron chi connectivity index (χ3n) is 4.79. The minimum atomic E-state index is 0.511. The number of alkyl halides is 1. The van der Waals surface area contributed by atoms with Gasteiger partial charge in [0.25, 0.3) is 0 Å². The maximum absolute atomic E-state index is 6.21. The van der Waals surface area contributed by atoms with Crippen molar-refractivity contribution in [3.63, 3.8) is 0 Å². The number of fused-ring (bicyclic) bond motifs is 1. The molecule has 3 atom stereocenters. The molecule has 2 nitrogen and oxygen atoms in total. The number of piperidine rings is 1. The van der Waals surface area contributed by atoms with Crippen molar-refractivity contribution >= 4 is 28.3 Å². The van der Waals surface area contributed by atoms with Crippen molar-refractivity contribution in [3.05, 3.63) is 35.9 Å². The summed E-state index contributed by atoms with van der Waals surface area (Å²) in [6, 6.07) is 11.0. The summed E-state index contributed by atoms with van der Waals surface area (Å²) in [7, 11) is 0. The number of pyridine rings is 1. The first kappa shape index (κ1) is 14.6. The molecule has 0 saturated carbocycles. The van der Waals surface area contributed by atoms with Crippen LogP contribution >= 0.6 is 11.6 Å². The second kappa shape index (κ2) is 5.84. The van der Waals surface area contributed by atoms with Gasteiger partial charge in [0.2, 0.25) is 0 Å². The molecule has 0 spiro atoms. The fraction of sp³-hybridized carbons (Fsp3) is 0.500. The molecule has 2 heterocycles. The van der Waals surface area contributed by atoms with Gasteiger partial charge in [0.15, 0.2) is 0 Å². The van der Waals surface area contributed by atoms with Crippen LogP contribution in [-0.4, -0.2) is 17.6 Å². The highest BCUT2D eigenvalue weighted by atomic mass is 35.5. The summed E-state index contributed by atoms with van der Waals surface area (Å²) in [5.41, 5.74) is 2.20. The Hall–Kier alpha value is -1.28. The number of benzene rings is 1. The van der Waals surface area contributed by atoms with E-state index in [4.69, 9.17) is 16.6 Å². The molecule has 3 heteroatoms. The van der Waals surface area contributed by atoms with E-state index in [2.05, 4.69) is 49.9 Å². The fourth-order valence-electron chi connectivity index (χ4n) is 3.49. The zero-order chi connectivity index (χ0) is 15.0. The molecule has 1 fully saturated rings. The van der Waals surface area contributed by atoms with Gasteiger partial charge >= 0.3 is 0 Å². The zero-order valence-electron chi connectivity index (χ0n) is 13.0. The topological polar surface area (TPSA) is 16.1 Å². The monoisotopic (exact) mass is 302 g/mol. The van der Waals surface area contributed by atoms with Gasteiger partial charge in [0.1, 0.15) is 5.82 Å². The Morgan fingerprint density at radius 3 is 2.76 bits per heavy atom. The van der Waals surface area contributed by atoms with Crippen LogP contribution in [-0.2, 0) is 5.88 Å². The fourth-order valence-corrected chi connectivity index (χ4v) is 3.69. The standard InChI is InChI=1S/C18H23ClN2/c1-12-8-13(2)14(3)21(11-12)18-16(10-19)9-15-6-4-5-7-17(15)20-18/h4-7,9,12-14H,8,10-11H2,1-3H3. The highest BCUT2D eigenvalue weighted by molar-refractivity contribution is 6.17. The minimum absolute atomic E-state index is 0.511. The summed E-state index contributed by atoms with van der Waals surface area (Å²) in [4.78, 5) is 7.39. The lowest BCUT2D eigenvalue weighted by Gasteiger charge is -2.42. The van der Waals surface area contributed by atoms with Crippen LogP contribution in [0, 0.1) is 11.8 Å². The normalized spacial score (nSPS) is 26.3. The lowest BCUT2D eigenvalue weighted by molar-refractivity contribution is 0.295. The number of nitrogens with zero attached hydrogens (tertiary/aromatic N) is 2. The summed E-state index contributed by atoms with van der Waals surface area (Å²) >= 11 is 6.21. The highest BCUT2D eigenvalue weighted by Gasteiger charge is 2.30. The maximum atomic E-state index is 6.21. The van der Waals surface area contributed by atoms with Crippen LogP contribution in [0.25, 0.3) is 10.9 Å². The van der Waals surface area contributed by atoms with Crippen LogP contribution in [0.3, 0.4) is 0 Å². The molecule has 21 heavy (non-hydrogen) atoms. The molecule has 1 aromatic heterocycles. The number of rotatable bonds is 2. The molecule has 0 N–H and O–H groups in total. The van der Waals surface area contributed by atoms with Gasteiger partial charge in [-0.15, -0.1) is 11.6 Å². The molecule has 1 saturated heterocycles. The Labute approximate surface area is 132 Å². The Kier molecular flexibility index (Phi) is 4.08. The van der Waals surface area contributed by atoms with Gasteiger partial charge in [-0.2, -0.15) is 0 Å². The first-order valence-corrected chi connectivity index (χ1v) is 8.35. The van der Waals surface area contributed by atoms with Gasteiger partial charge in [-0.25, -0.2) is 4.98 Å². The zero-order valence-corrected chi connectivity index (χ0v) is 13.8. The Morgan fingerprint density at radius 2 is 2.00 bits per heavy atom. The molecule has 0 amide bonds. The van der Waals surface area contributed by atoms with Crippen LogP contribution in [0.5, 0.6) is 0 Å². The molecular formula is C18H23ClN2. The van der Waals surface area contributed by atoms with Crippen LogP contribution in [0.1, 0.15) is 32.8 Å². The number of para-hydroxylation sites is 1. The molecule has 0 aliphatic carbocycles. The molecule has 3 rings (SSSR count). The highest BCUT2D eigenvalue weighted by Crippen LogP contribution is 2.34. The summed E-state index contributed by atoms with van der Waals surface area (Å²) < 4.78 is 0. The Balaban J connectivity index is 2.09. The molecule has 2 aromatic rings. The number of hydrogen-bond acceptors (Lipinski definition) is 2. The van der Waals surface area contributed by atoms with Crippen molar-refractivity contribution in [2.24, 2.45) is 11.8 Å². The number of halogens is 1. The second-order valence-electron chi connectivity index (χ2n) is 6.51. The van der Waals surface area contributed by atoms with Crippen LogP contribution in [0.4, 0.5) is 5.82 Å². The predicted molar refractivity (Wildman–Crippen MR) is 91.1 cm³/mol. The smallest absolute Gasteiger partial charge is 0.133 e. The van der Waals surface area contributed by atoms with Crippen molar-refractivity contribution in [2.75, 3.05) is 11.4 Å². The SMILES string of the molecule is CC1CC(C)C(C)N(c2nc3ccccc3cc2CCl)C1. The van der Waals surface area contributed by atoms with Crippen molar-refractivity contribution in [1.29, 1.82) is 0 Å². The van der Waals surface area contributed by atoms with Gasteiger partial charge in [-0.05, 0) is 37.3 Å². The number of hydrogen-bond donors (Lipinski definition) is 0. The van der Waals surface area contributed by atoms with Crippen LogP contribution < -0.4 is 4.90 Å². The average molecular weight is 303 g/mol. The maximum Gasteiger partial charge on any atom is 0.133 e. The van der Waals surface area contributed by atoms with Gasteiger partial charge in [-0.1, -0.05) is 32.0 Å². The van der Waals surface area contributed by atoms with E-state index in [1.807, 2.05) is 6.07 Å². The Morgan fingerprint density at radius 1 is 1.24 bits per heavy atom. The Bertz CT molecular complexity index is 640. The lowest BCUT2D eigenvalue weighted by atomic mass is 9.86. The van der Waals surface area contributed by atoms with Crippen molar-refractivity contribution in [2.45, 2.75) is 39.1 Å². The summed E-state index contributed by atoms with van der Waals surface area (Å²) in [6.45, 7) is 8.05. The van der Waals surface area contributed by atoms with E-state index < -0.39 is 0 Å².